The highest BCUT2D eigenvalue weighted by molar-refractivity contribution is 5.47. The van der Waals surface area contributed by atoms with Crippen molar-refractivity contribution in [2.75, 3.05) is 0 Å². The van der Waals surface area contributed by atoms with E-state index in [4.69, 9.17) is 5.73 Å². The third-order valence-electron chi connectivity index (χ3n) is 1.81. The normalized spacial score (nSPS) is 12.6. The lowest BCUT2D eigenvalue weighted by molar-refractivity contribution is 0.771. The molecule has 1 aromatic rings. The van der Waals surface area contributed by atoms with E-state index in [-0.39, 0.29) is 6.04 Å². The minimum absolute atomic E-state index is 0.00358. The van der Waals surface area contributed by atoms with Crippen molar-refractivity contribution in [3.63, 3.8) is 0 Å². The molecule has 0 radical (unpaired) electrons. The van der Waals surface area contributed by atoms with Crippen molar-refractivity contribution in [1.29, 1.82) is 0 Å². The quantitative estimate of drug-likeness (QED) is 0.722. The van der Waals surface area contributed by atoms with Crippen LogP contribution in [0.3, 0.4) is 0 Å². The second-order valence-corrected chi connectivity index (χ2v) is 2.96. The Labute approximate surface area is 73.1 Å². The van der Waals surface area contributed by atoms with Gasteiger partial charge in [0.25, 0.3) is 0 Å². The summed E-state index contributed by atoms with van der Waals surface area (Å²) in [5.74, 6) is 0. The number of aromatic nitrogens is 1. The van der Waals surface area contributed by atoms with E-state index >= 15 is 0 Å². The second kappa shape index (κ2) is 3.50. The van der Waals surface area contributed by atoms with Crippen LogP contribution in [-0.4, -0.2) is 4.98 Å². The molecule has 0 fully saturated rings. The molecule has 1 aromatic heterocycles. The van der Waals surface area contributed by atoms with Gasteiger partial charge in [0.05, 0.1) is 5.69 Å². The van der Waals surface area contributed by atoms with Gasteiger partial charge in [0, 0.05) is 12.2 Å². The molecule has 12 heavy (non-hydrogen) atoms. The fourth-order valence-electron chi connectivity index (χ4n) is 1.20. The van der Waals surface area contributed by atoms with Crippen molar-refractivity contribution in [3.05, 3.63) is 35.7 Å². The Morgan fingerprint density at radius 3 is 2.75 bits per heavy atom. The topological polar surface area (TPSA) is 38.9 Å². The molecule has 2 nitrogen and oxygen atoms in total. The molecular weight excluding hydrogens is 148 g/mol. The Morgan fingerprint density at radius 2 is 2.33 bits per heavy atom. The summed E-state index contributed by atoms with van der Waals surface area (Å²) in [5.41, 5.74) is 8.84. The van der Waals surface area contributed by atoms with Crippen LogP contribution < -0.4 is 5.73 Å². The van der Waals surface area contributed by atoms with E-state index in [9.17, 15) is 0 Å². The molecule has 1 heterocycles. The van der Waals surface area contributed by atoms with Crippen LogP contribution in [0.15, 0.2) is 18.8 Å². The minimum Gasteiger partial charge on any atom is -0.323 e. The molecule has 1 atom stereocenters. The molecule has 0 aliphatic heterocycles. The third kappa shape index (κ3) is 1.71. The Hall–Kier alpha value is -1.15. The van der Waals surface area contributed by atoms with E-state index in [1.807, 2.05) is 19.9 Å². The second-order valence-electron chi connectivity index (χ2n) is 2.96. The highest BCUT2D eigenvalue weighted by Gasteiger charge is 2.04. The van der Waals surface area contributed by atoms with Gasteiger partial charge in [0.15, 0.2) is 0 Å². The number of aryl methyl sites for hydroxylation is 1. The van der Waals surface area contributed by atoms with E-state index in [0.717, 1.165) is 16.8 Å². The summed E-state index contributed by atoms with van der Waals surface area (Å²) in [7, 11) is 0. The largest absolute Gasteiger partial charge is 0.323 e. The molecule has 0 aliphatic rings. The smallest absolute Gasteiger partial charge is 0.0597 e. The molecule has 2 heteroatoms. The SMILES string of the molecule is C=Cc1cnc(C(C)N)c(C)c1. The van der Waals surface area contributed by atoms with Gasteiger partial charge in [-0.05, 0) is 31.0 Å². The first-order valence-electron chi connectivity index (χ1n) is 3.99. The summed E-state index contributed by atoms with van der Waals surface area (Å²) in [4.78, 5) is 4.25. The first kappa shape index (κ1) is 8.94. The molecule has 2 N–H and O–H groups in total. The first-order chi connectivity index (χ1) is 5.65. The van der Waals surface area contributed by atoms with Crippen LogP contribution in [0.5, 0.6) is 0 Å². The Morgan fingerprint density at radius 1 is 1.67 bits per heavy atom. The molecule has 0 aliphatic carbocycles. The van der Waals surface area contributed by atoms with E-state index < -0.39 is 0 Å². The maximum Gasteiger partial charge on any atom is 0.0597 e. The number of nitrogens with zero attached hydrogens (tertiary/aromatic N) is 1. The number of pyridine rings is 1. The van der Waals surface area contributed by atoms with E-state index in [0.29, 0.717) is 0 Å². The molecule has 1 unspecified atom stereocenters. The van der Waals surface area contributed by atoms with Crippen LogP contribution in [0.2, 0.25) is 0 Å². The first-order valence-corrected chi connectivity index (χ1v) is 3.99. The third-order valence-corrected chi connectivity index (χ3v) is 1.81. The van der Waals surface area contributed by atoms with E-state index in [1.165, 1.54) is 0 Å². The number of nitrogens with two attached hydrogens (primary N) is 1. The fraction of sp³-hybridized carbons (Fsp3) is 0.300. The summed E-state index contributed by atoms with van der Waals surface area (Å²) in [6.45, 7) is 7.62. The van der Waals surface area contributed by atoms with Gasteiger partial charge in [-0.1, -0.05) is 12.7 Å². The average molecular weight is 162 g/mol. The Balaban J connectivity index is 3.11. The molecule has 0 bridgehead atoms. The predicted molar refractivity (Wildman–Crippen MR) is 51.7 cm³/mol. The Kier molecular flexibility index (Phi) is 2.61. The maximum absolute atomic E-state index is 5.72. The van der Waals surface area contributed by atoms with Crippen molar-refractivity contribution in [1.82, 2.24) is 4.98 Å². The summed E-state index contributed by atoms with van der Waals surface area (Å²) >= 11 is 0. The predicted octanol–water partition coefficient (Wildman–Crippen LogP) is 2.05. The molecule has 0 saturated carbocycles. The Bertz CT molecular complexity index is 290. The average Bonchev–Trinajstić information content (AvgIpc) is 2.03. The molecule has 0 saturated heterocycles. The van der Waals surface area contributed by atoms with Crippen LogP contribution in [0.4, 0.5) is 0 Å². The molecule has 1 rings (SSSR count). The zero-order valence-electron chi connectivity index (χ0n) is 7.54. The standard InChI is InChI=1S/C10H14N2/c1-4-9-5-7(2)10(8(3)11)12-6-9/h4-6,8H,1,11H2,2-3H3. The van der Waals surface area contributed by atoms with Gasteiger partial charge in [0.2, 0.25) is 0 Å². The summed E-state index contributed by atoms with van der Waals surface area (Å²) in [6.07, 6.45) is 3.57. The van der Waals surface area contributed by atoms with E-state index in [2.05, 4.69) is 11.6 Å². The molecule has 0 aromatic carbocycles. The van der Waals surface area contributed by atoms with E-state index in [1.54, 1.807) is 12.3 Å². The van der Waals surface area contributed by atoms with Gasteiger partial charge >= 0.3 is 0 Å². The van der Waals surface area contributed by atoms with Crippen LogP contribution in [0.1, 0.15) is 29.8 Å². The lowest BCUT2D eigenvalue weighted by Gasteiger charge is -2.08. The highest BCUT2D eigenvalue weighted by Crippen LogP contribution is 2.13. The minimum atomic E-state index is 0.00358. The van der Waals surface area contributed by atoms with Crippen LogP contribution in [0, 0.1) is 6.92 Å². The summed E-state index contributed by atoms with van der Waals surface area (Å²) in [6, 6.07) is 2.04. The van der Waals surface area contributed by atoms with Gasteiger partial charge < -0.3 is 5.73 Å². The molecule has 0 amide bonds. The van der Waals surface area contributed by atoms with Crippen LogP contribution in [-0.2, 0) is 0 Å². The fourth-order valence-corrected chi connectivity index (χ4v) is 1.20. The van der Waals surface area contributed by atoms with Crippen molar-refractivity contribution in [2.45, 2.75) is 19.9 Å². The van der Waals surface area contributed by atoms with Gasteiger partial charge in [-0.15, -0.1) is 0 Å². The van der Waals surface area contributed by atoms with Crippen molar-refractivity contribution < 1.29 is 0 Å². The zero-order chi connectivity index (χ0) is 9.14. The lowest BCUT2D eigenvalue weighted by Crippen LogP contribution is -2.09. The number of hydrogen-bond acceptors (Lipinski definition) is 2. The lowest BCUT2D eigenvalue weighted by atomic mass is 10.1. The van der Waals surface area contributed by atoms with Gasteiger partial charge in [-0.3, -0.25) is 4.98 Å². The van der Waals surface area contributed by atoms with Crippen LogP contribution in [0.25, 0.3) is 6.08 Å². The molecule has 0 spiro atoms. The molecule has 64 valence electrons. The monoisotopic (exact) mass is 162 g/mol. The highest BCUT2D eigenvalue weighted by atomic mass is 14.8. The van der Waals surface area contributed by atoms with Gasteiger partial charge in [-0.25, -0.2) is 0 Å². The van der Waals surface area contributed by atoms with Crippen LogP contribution >= 0.6 is 0 Å². The number of hydrogen-bond donors (Lipinski definition) is 1. The van der Waals surface area contributed by atoms with Gasteiger partial charge in [-0.2, -0.15) is 0 Å². The summed E-state index contributed by atoms with van der Waals surface area (Å²) in [5, 5.41) is 0. The van der Waals surface area contributed by atoms with Crippen molar-refractivity contribution in [3.8, 4) is 0 Å². The zero-order valence-corrected chi connectivity index (χ0v) is 7.54. The summed E-state index contributed by atoms with van der Waals surface area (Å²) < 4.78 is 0. The van der Waals surface area contributed by atoms with Gasteiger partial charge in [0.1, 0.15) is 0 Å². The molecular formula is C10H14N2. The van der Waals surface area contributed by atoms with Crippen molar-refractivity contribution >= 4 is 6.08 Å². The van der Waals surface area contributed by atoms with Crippen molar-refractivity contribution in [2.24, 2.45) is 5.73 Å². The number of rotatable bonds is 2. The maximum atomic E-state index is 5.72.